The maximum absolute atomic E-state index is 12.1. The molecule has 102 valence electrons. The van der Waals surface area contributed by atoms with E-state index < -0.39 is 0 Å². The molecule has 0 unspecified atom stereocenters. The van der Waals surface area contributed by atoms with Crippen LogP contribution in [-0.2, 0) is 4.79 Å². The summed E-state index contributed by atoms with van der Waals surface area (Å²) in [5, 5.41) is 3.99. The molecule has 2 saturated carbocycles. The molecule has 0 aliphatic heterocycles. The molecule has 0 spiro atoms. The third kappa shape index (κ3) is 2.20. The van der Waals surface area contributed by atoms with Crippen LogP contribution in [0.25, 0.3) is 0 Å². The first kappa shape index (κ1) is 12.5. The van der Waals surface area contributed by atoms with Crippen LogP contribution in [-0.4, -0.2) is 12.1 Å². The molecular formula is C15H20N2O2. The summed E-state index contributed by atoms with van der Waals surface area (Å²) < 4.78 is 5.36. The smallest absolute Gasteiger partial charge is 0.244 e. The van der Waals surface area contributed by atoms with Crippen molar-refractivity contribution in [3.8, 4) is 0 Å². The molecule has 1 N–H and O–H groups in total. The maximum atomic E-state index is 12.1. The zero-order valence-corrected chi connectivity index (χ0v) is 11.5. The van der Waals surface area contributed by atoms with Crippen LogP contribution in [0.5, 0.6) is 0 Å². The Morgan fingerprint density at radius 3 is 3.00 bits per heavy atom. The lowest BCUT2D eigenvalue weighted by Crippen LogP contribution is -2.22. The summed E-state index contributed by atoms with van der Waals surface area (Å²) in [6.07, 6.45) is 6.44. The minimum Gasteiger partial charge on any atom is -0.460 e. The van der Waals surface area contributed by atoms with Gasteiger partial charge in [0.05, 0.1) is 6.21 Å². The van der Waals surface area contributed by atoms with Crippen LogP contribution >= 0.6 is 0 Å². The topological polar surface area (TPSA) is 54.6 Å². The number of amides is 1. The first-order valence-corrected chi connectivity index (χ1v) is 7.00. The van der Waals surface area contributed by atoms with Gasteiger partial charge in [0.25, 0.3) is 0 Å². The summed E-state index contributed by atoms with van der Waals surface area (Å²) in [6, 6.07) is 3.71. The lowest BCUT2D eigenvalue weighted by Gasteiger charge is -2.15. The van der Waals surface area contributed by atoms with Gasteiger partial charge in [0, 0.05) is 5.92 Å². The van der Waals surface area contributed by atoms with Crippen molar-refractivity contribution >= 4 is 12.1 Å². The number of fused-ring (bicyclic) bond motifs is 1. The van der Waals surface area contributed by atoms with Crippen LogP contribution in [0.1, 0.15) is 44.1 Å². The first-order valence-electron chi connectivity index (χ1n) is 7.00. The zero-order valence-electron chi connectivity index (χ0n) is 11.5. The Balaban J connectivity index is 1.56. The molecule has 1 aromatic rings. The van der Waals surface area contributed by atoms with E-state index in [0.717, 1.165) is 5.76 Å². The number of nitrogens with zero attached hydrogens (tertiary/aromatic N) is 1. The van der Waals surface area contributed by atoms with E-state index in [1.807, 2.05) is 19.1 Å². The monoisotopic (exact) mass is 260 g/mol. The number of hydrazone groups is 1. The van der Waals surface area contributed by atoms with Crippen molar-refractivity contribution in [3.05, 3.63) is 23.7 Å². The molecule has 0 radical (unpaired) electrons. The Morgan fingerprint density at radius 2 is 2.37 bits per heavy atom. The van der Waals surface area contributed by atoms with Gasteiger partial charge in [-0.2, -0.15) is 5.10 Å². The van der Waals surface area contributed by atoms with Crippen molar-refractivity contribution in [2.45, 2.75) is 39.5 Å². The Kier molecular flexibility index (Phi) is 2.96. The molecule has 19 heavy (non-hydrogen) atoms. The highest BCUT2D eigenvalue weighted by Crippen LogP contribution is 2.66. The van der Waals surface area contributed by atoms with E-state index in [2.05, 4.69) is 17.5 Å². The van der Waals surface area contributed by atoms with E-state index in [1.165, 1.54) is 25.7 Å². The fourth-order valence-electron chi connectivity index (χ4n) is 3.60. The average molecular weight is 260 g/mol. The summed E-state index contributed by atoms with van der Waals surface area (Å²) in [7, 11) is 0. The van der Waals surface area contributed by atoms with Crippen molar-refractivity contribution in [2.75, 3.05) is 0 Å². The van der Waals surface area contributed by atoms with E-state index in [1.54, 1.807) is 6.21 Å². The van der Waals surface area contributed by atoms with Crippen LogP contribution in [0, 0.1) is 24.2 Å². The van der Waals surface area contributed by atoms with Crippen molar-refractivity contribution < 1.29 is 9.21 Å². The SMILES string of the molecule is Cc1ccc(/C=N\NC(=O)[C@@H]2[C@H]3CCCC[C@@]32C)o1. The number of hydrogen-bond donors (Lipinski definition) is 1. The molecule has 0 saturated heterocycles. The number of aryl methyl sites for hydroxylation is 1. The standard InChI is InChI=1S/C15H20N2O2/c1-10-6-7-11(19-10)9-16-17-14(18)13-12-5-3-4-8-15(12,13)2/h6-7,9,12-13H,3-5,8H2,1-2H3,(H,17,18)/b16-9-/t12-,13+,15+/m1/s1. The third-order valence-electron chi connectivity index (χ3n) is 4.74. The van der Waals surface area contributed by atoms with E-state index in [-0.39, 0.29) is 17.2 Å². The quantitative estimate of drug-likeness (QED) is 0.671. The Morgan fingerprint density at radius 1 is 1.53 bits per heavy atom. The zero-order chi connectivity index (χ0) is 13.5. The van der Waals surface area contributed by atoms with Gasteiger partial charge in [-0.3, -0.25) is 4.79 Å². The van der Waals surface area contributed by atoms with Crippen LogP contribution in [0.3, 0.4) is 0 Å². The van der Waals surface area contributed by atoms with E-state index in [9.17, 15) is 4.79 Å². The first-order chi connectivity index (χ1) is 9.11. The van der Waals surface area contributed by atoms with Gasteiger partial charge >= 0.3 is 0 Å². The van der Waals surface area contributed by atoms with Crippen molar-refractivity contribution in [1.82, 2.24) is 5.43 Å². The number of hydrogen-bond acceptors (Lipinski definition) is 3. The minimum atomic E-state index is 0.0638. The van der Waals surface area contributed by atoms with Gasteiger partial charge in [-0.15, -0.1) is 0 Å². The second-order valence-corrected chi connectivity index (χ2v) is 6.02. The van der Waals surface area contributed by atoms with Gasteiger partial charge in [0.1, 0.15) is 11.5 Å². The normalized spacial score (nSPS) is 33.2. The van der Waals surface area contributed by atoms with Gasteiger partial charge in [-0.25, -0.2) is 5.43 Å². The van der Waals surface area contributed by atoms with Gasteiger partial charge < -0.3 is 4.42 Å². The summed E-state index contributed by atoms with van der Waals surface area (Å²) in [5.41, 5.74) is 2.89. The van der Waals surface area contributed by atoms with Crippen LogP contribution in [0.2, 0.25) is 0 Å². The van der Waals surface area contributed by atoms with Crippen molar-refractivity contribution in [2.24, 2.45) is 22.4 Å². The second kappa shape index (κ2) is 4.51. The average Bonchev–Trinajstić information content (AvgIpc) is 2.81. The number of furan rings is 1. The highest BCUT2D eigenvalue weighted by atomic mass is 16.3. The molecule has 3 rings (SSSR count). The molecule has 1 amide bonds. The predicted octanol–water partition coefficient (Wildman–Crippen LogP) is 2.86. The Hall–Kier alpha value is -1.58. The van der Waals surface area contributed by atoms with Crippen LogP contribution in [0.15, 0.2) is 21.7 Å². The predicted molar refractivity (Wildman–Crippen MR) is 72.7 cm³/mol. The van der Waals surface area contributed by atoms with Gasteiger partial charge in [-0.05, 0) is 43.2 Å². The number of carbonyl (C=O) groups excluding carboxylic acids is 1. The van der Waals surface area contributed by atoms with E-state index >= 15 is 0 Å². The second-order valence-electron chi connectivity index (χ2n) is 6.02. The maximum Gasteiger partial charge on any atom is 0.244 e. The largest absolute Gasteiger partial charge is 0.460 e. The lowest BCUT2D eigenvalue weighted by molar-refractivity contribution is -0.123. The van der Waals surface area contributed by atoms with Crippen LogP contribution in [0.4, 0.5) is 0 Å². The number of carbonyl (C=O) groups is 1. The molecular weight excluding hydrogens is 240 g/mol. The molecule has 0 aromatic carbocycles. The Labute approximate surface area is 113 Å². The van der Waals surface area contributed by atoms with Crippen molar-refractivity contribution in [1.29, 1.82) is 0 Å². The molecule has 4 nitrogen and oxygen atoms in total. The molecule has 0 bridgehead atoms. The van der Waals surface area contributed by atoms with Crippen molar-refractivity contribution in [3.63, 3.8) is 0 Å². The molecule has 4 heteroatoms. The molecule has 1 heterocycles. The number of nitrogens with one attached hydrogen (secondary N) is 1. The molecule has 2 aliphatic rings. The number of rotatable bonds is 3. The fraction of sp³-hybridized carbons (Fsp3) is 0.600. The molecule has 1 aromatic heterocycles. The third-order valence-corrected chi connectivity index (χ3v) is 4.74. The highest BCUT2D eigenvalue weighted by molar-refractivity contribution is 5.85. The summed E-state index contributed by atoms with van der Waals surface area (Å²) in [4.78, 5) is 12.1. The van der Waals surface area contributed by atoms with Gasteiger partial charge in [0.15, 0.2) is 0 Å². The summed E-state index contributed by atoms with van der Waals surface area (Å²) >= 11 is 0. The summed E-state index contributed by atoms with van der Waals surface area (Å²) in [6.45, 7) is 4.12. The fourth-order valence-corrected chi connectivity index (χ4v) is 3.60. The van der Waals surface area contributed by atoms with E-state index in [4.69, 9.17) is 4.42 Å². The molecule has 2 aliphatic carbocycles. The molecule has 3 atom stereocenters. The Bertz CT molecular complexity index is 520. The summed E-state index contributed by atoms with van der Waals surface area (Å²) in [5.74, 6) is 2.30. The molecule has 2 fully saturated rings. The van der Waals surface area contributed by atoms with Crippen LogP contribution < -0.4 is 5.43 Å². The van der Waals surface area contributed by atoms with Gasteiger partial charge in [-0.1, -0.05) is 19.8 Å². The van der Waals surface area contributed by atoms with E-state index in [0.29, 0.717) is 11.7 Å². The minimum absolute atomic E-state index is 0.0638. The lowest BCUT2D eigenvalue weighted by atomic mass is 9.90. The van der Waals surface area contributed by atoms with Gasteiger partial charge in [0.2, 0.25) is 5.91 Å². The highest BCUT2D eigenvalue weighted by Gasteiger charge is 2.64.